The van der Waals surface area contributed by atoms with Gasteiger partial charge in [-0.25, -0.2) is 0 Å². The molecule has 0 fully saturated rings. The van der Waals surface area contributed by atoms with Gasteiger partial charge in [0.25, 0.3) is 5.91 Å². The van der Waals surface area contributed by atoms with E-state index in [1.807, 2.05) is 19.1 Å². The topological polar surface area (TPSA) is 70.7 Å². The van der Waals surface area contributed by atoms with E-state index < -0.39 is 0 Å². The van der Waals surface area contributed by atoms with Crippen molar-refractivity contribution in [2.24, 2.45) is 0 Å². The fourth-order valence-electron chi connectivity index (χ4n) is 1.32. The first-order chi connectivity index (χ1) is 8.19. The first-order valence-electron chi connectivity index (χ1n) is 4.97. The van der Waals surface area contributed by atoms with Gasteiger partial charge < -0.3 is 5.32 Å². The molecule has 2 aromatic rings. The lowest BCUT2D eigenvalue weighted by Crippen LogP contribution is -2.11. The van der Waals surface area contributed by atoms with Gasteiger partial charge in [0.05, 0.1) is 10.9 Å². The Hall–Kier alpha value is -2.13. The number of hydrogen-bond donors (Lipinski definition) is 1. The minimum Gasteiger partial charge on any atom is -0.304 e. The van der Waals surface area contributed by atoms with Crippen LogP contribution in [-0.2, 0) is 6.54 Å². The van der Waals surface area contributed by atoms with Crippen molar-refractivity contribution < 1.29 is 4.79 Å². The molecule has 0 aromatic carbocycles. The number of carbonyl (C=O) groups excluding carboxylic acids is 1. The zero-order valence-electron chi connectivity index (χ0n) is 9.17. The number of rotatable bonds is 3. The molecule has 0 saturated carbocycles. The normalized spacial score (nSPS) is 9.88. The third-order valence-corrected chi connectivity index (χ3v) is 3.08. The van der Waals surface area contributed by atoms with Gasteiger partial charge in [-0.2, -0.15) is 10.4 Å². The molecular weight excluding hydrogens is 236 g/mol. The van der Waals surface area contributed by atoms with Crippen LogP contribution in [0.4, 0.5) is 5.82 Å². The number of amides is 1. The van der Waals surface area contributed by atoms with Crippen LogP contribution in [0.2, 0.25) is 0 Å². The van der Waals surface area contributed by atoms with Gasteiger partial charge in [0.2, 0.25) is 0 Å². The van der Waals surface area contributed by atoms with E-state index in [-0.39, 0.29) is 12.5 Å². The van der Waals surface area contributed by atoms with E-state index in [2.05, 4.69) is 10.4 Å². The van der Waals surface area contributed by atoms with Crippen molar-refractivity contribution in [2.75, 3.05) is 5.32 Å². The van der Waals surface area contributed by atoms with E-state index in [4.69, 9.17) is 5.26 Å². The van der Waals surface area contributed by atoms with E-state index in [0.717, 1.165) is 4.88 Å². The summed E-state index contributed by atoms with van der Waals surface area (Å²) in [5, 5.41) is 15.2. The van der Waals surface area contributed by atoms with E-state index >= 15 is 0 Å². The van der Waals surface area contributed by atoms with Crippen LogP contribution in [0.3, 0.4) is 0 Å². The molecule has 17 heavy (non-hydrogen) atoms. The van der Waals surface area contributed by atoms with Crippen molar-refractivity contribution in [2.45, 2.75) is 13.5 Å². The fourth-order valence-corrected chi connectivity index (χ4v) is 2.09. The molecule has 0 unspecified atom stereocenters. The first-order valence-corrected chi connectivity index (χ1v) is 5.79. The van der Waals surface area contributed by atoms with Crippen LogP contribution in [0.25, 0.3) is 0 Å². The number of aryl methyl sites for hydroxylation is 1. The maximum Gasteiger partial charge on any atom is 0.266 e. The molecule has 0 radical (unpaired) electrons. The quantitative estimate of drug-likeness (QED) is 0.900. The maximum atomic E-state index is 11.8. The molecule has 2 aromatic heterocycles. The minimum absolute atomic E-state index is 0.175. The van der Waals surface area contributed by atoms with Crippen molar-refractivity contribution in [1.29, 1.82) is 5.26 Å². The van der Waals surface area contributed by atoms with Crippen molar-refractivity contribution in [3.63, 3.8) is 0 Å². The number of nitrogens with zero attached hydrogens (tertiary/aromatic N) is 3. The zero-order chi connectivity index (χ0) is 12.3. The summed E-state index contributed by atoms with van der Waals surface area (Å²) >= 11 is 1.43. The van der Waals surface area contributed by atoms with Gasteiger partial charge >= 0.3 is 0 Å². The summed E-state index contributed by atoms with van der Waals surface area (Å²) in [7, 11) is 0. The highest BCUT2D eigenvalue weighted by atomic mass is 32.1. The van der Waals surface area contributed by atoms with Crippen LogP contribution in [0.15, 0.2) is 24.4 Å². The average molecular weight is 246 g/mol. The largest absolute Gasteiger partial charge is 0.304 e. The molecule has 0 aliphatic rings. The molecule has 2 heterocycles. The van der Waals surface area contributed by atoms with Crippen molar-refractivity contribution in [3.05, 3.63) is 34.2 Å². The Morgan fingerprint density at radius 2 is 2.41 bits per heavy atom. The monoisotopic (exact) mass is 246 g/mol. The molecule has 0 bridgehead atoms. The standard InChI is InChI=1S/C11H10N4OS/c1-8-2-3-9(17-8)11(16)13-10-4-6-15(14-10)7-5-12/h2-4,6H,7H2,1H3,(H,13,14,16). The molecule has 6 heteroatoms. The van der Waals surface area contributed by atoms with Gasteiger partial charge in [-0.1, -0.05) is 0 Å². The number of aromatic nitrogens is 2. The Morgan fingerprint density at radius 1 is 1.59 bits per heavy atom. The summed E-state index contributed by atoms with van der Waals surface area (Å²) < 4.78 is 1.47. The van der Waals surface area contributed by atoms with Gasteiger partial charge in [0.1, 0.15) is 6.54 Å². The van der Waals surface area contributed by atoms with Gasteiger partial charge in [0.15, 0.2) is 5.82 Å². The molecule has 2 rings (SSSR count). The number of anilines is 1. The predicted molar refractivity (Wildman–Crippen MR) is 64.8 cm³/mol. The molecule has 1 amide bonds. The molecular formula is C11H10N4OS. The third-order valence-electron chi connectivity index (χ3n) is 2.08. The lowest BCUT2D eigenvalue weighted by atomic mass is 10.4. The summed E-state index contributed by atoms with van der Waals surface area (Å²) in [6, 6.07) is 7.31. The van der Waals surface area contributed by atoms with E-state index in [9.17, 15) is 4.79 Å². The number of carbonyl (C=O) groups is 1. The van der Waals surface area contributed by atoms with Gasteiger partial charge in [-0.15, -0.1) is 11.3 Å². The average Bonchev–Trinajstić information content (AvgIpc) is 2.88. The lowest BCUT2D eigenvalue weighted by Gasteiger charge is -1.98. The maximum absolute atomic E-state index is 11.8. The van der Waals surface area contributed by atoms with Crippen LogP contribution in [0.1, 0.15) is 14.5 Å². The molecule has 0 aliphatic carbocycles. The molecule has 0 spiro atoms. The lowest BCUT2D eigenvalue weighted by molar-refractivity contribution is 0.103. The van der Waals surface area contributed by atoms with Gasteiger partial charge in [0, 0.05) is 17.1 Å². The Balaban J connectivity index is 2.05. The molecule has 0 saturated heterocycles. The fraction of sp³-hybridized carbons (Fsp3) is 0.182. The van der Waals surface area contributed by atoms with Crippen LogP contribution in [0.5, 0.6) is 0 Å². The SMILES string of the molecule is Cc1ccc(C(=O)Nc2ccn(CC#N)n2)s1. The van der Waals surface area contributed by atoms with Crippen LogP contribution in [0, 0.1) is 18.3 Å². The smallest absolute Gasteiger partial charge is 0.266 e. The summed E-state index contributed by atoms with van der Waals surface area (Å²) in [5.74, 6) is 0.279. The van der Waals surface area contributed by atoms with Crippen molar-refractivity contribution >= 4 is 23.1 Å². The summed E-state index contributed by atoms with van der Waals surface area (Å²) in [4.78, 5) is 13.5. The first kappa shape index (κ1) is 11.4. The molecule has 0 aliphatic heterocycles. The highest BCUT2D eigenvalue weighted by Crippen LogP contribution is 2.16. The van der Waals surface area contributed by atoms with E-state index in [1.54, 1.807) is 18.3 Å². The third kappa shape index (κ3) is 2.71. The summed E-state index contributed by atoms with van der Waals surface area (Å²) in [5.41, 5.74) is 0. The molecule has 5 nitrogen and oxygen atoms in total. The Kier molecular flexibility index (Phi) is 3.21. The predicted octanol–water partition coefficient (Wildman–Crippen LogP) is 2.03. The Morgan fingerprint density at radius 3 is 3.06 bits per heavy atom. The van der Waals surface area contributed by atoms with E-state index in [0.29, 0.717) is 10.7 Å². The highest BCUT2D eigenvalue weighted by Gasteiger charge is 2.09. The Labute approximate surface area is 102 Å². The highest BCUT2D eigenvalue weighted by molar-refractivity contribution is 7.14. The second-order valence-corrected chi connectivity index (χ2v) is 4.71. The Bertz CT molecular complexity index is 578. The van der Waals surface area contributed by atoms with Crippen LogP contribution >= 0.6 is 11.3 Å². The van der Waals surface area contributed by atoms with Crippen molar-refractivity contribution in [3.8, 4) is 6.07 Å². The zero-order valence-corrected chi connectivity index (χ0v) is 9.99. The second kappa shape index (κ2) is 4.80. The van der Waals surface area contributed by atoms with Gasteiger partial charge in [-0.05, 0) is 19.1 Å². The van der Waals surface area contributed by atoms with Crippen LogP contribution < -0.4 is 5.32 Å². The molecule has 86 valence electrons. The number of nitriles is 1. The van der Waals surface area contributed by atoms with E-state index in [1.165, 1.54) is 16.0 Å². The van der Waals surface area contributed by atoms with Gasteiger partial charge in [-0.3, -0.25) is 9.48 Å². The molecule has 0 atom stereocenters. The second-order valence-electron chi connectivity index (χ2n) is 3.42. The number of hydrogen-bond acceptors (Lipinski definition) is 4. The summed E-state index contributed by atoms with van der Waals surface area (Å²) in [6.45, 7) is 2.12. The molecule has 1 N–H and O–H groups in total. The number of nitrogens with one attached hydrogen (secondary N) is 1. The number of thiophene rings is 1. The summed E-state index contributed by atoms with van der Waals surface area (Å²) in [6.07, 6.45) is 1.65. The van der Waals surface area contributed by atoms with Crippen molar-refractivity contribution in [1.82, 2.24) is 9.78 Å². The van der Waals surface area contributed by atoms with Crippen LogP contribution in [-0.4, -0.2) is 15.7 Å². The minimum atomic E-state index is -0.176.